The lowest BCUT2D eigenvalue weighted by Gasteiger charge is -2.26. The van der Waals surface area contributed by atoms with E-state index in [2.05, 4.69) is 5.32 Å². The number of benzene rings is 1. The van der Waals surface area contributed by atoms with Gasteiger partial charge < -0.3 is 14.8 Å². The van der Waals surface area contributed by atoms with Crippen LogP contribution in [0.25, 0.3) is 0 Å². The maximum atomic E-state index is 12.9. The van der Waals surface area contributed by atoms with Crippen LogP contribution in [0.5, 0.6) is 0 Å². The average molecular weight is 471 g/mol. The van der Waals surface area contributed by atoms with Crippen molar-refractivity contribution in [3.8, 4) is 0 Å². The van der Waals surface area contributed by atoms with E-state index in [-0.39, 0.29) is 34.7 Å². The predicted octanol–water partition coefficient (Wildman–Crippen LogP) is 2.67. The highest BCUT2D eigenvalue weighted by molar-refractivity contribution is 7.89. The number of nitrogens with one attached hydrogen (secondary N) is 1. The summed E-state index contributed by atoms with van der Waals surface area (Å²) in [5, 5.41) is 2.65. The van der Waals surface area contributed by atoms with Gasteiger partial charge in [-0.15, -0.1) is 0 Å². The van der Waals surface area contributed by atoms with Crippen LogP contribution in [-0.4, -0.2) is 57.5 Å². The fourth-order valence-electron chi connectivity index (χ4n) is 4.95. The fraction of sp³-hybridized carbons (Fsp3) is 0.619. The molecule has 1 heterocycles. The van der Waals surface area contributed by atoms with Crippen LogP contribution in [0, 0.1) is 17.8 Å². The van der Waals surface area contributed by atoms with E-state index in [1.165, 1.54) is 41.8 Å². The van der Waals surface area contributed by atoms with Gasteiger partial charge in [0.05, 0.1) is 18.2 Å². The van der Waals surface area contributed by atoms with Crippen molar-refractivity contribution in [2.24, 2.45) is 17.8 Å². The zero-order valence-electron chi connectivity index (χ0n) is 17.2. The Labute approximate surface area is 187 Å². The van der Waals surface area contributed by atoms with Crippen molar-refractivity contribution in [2.75, 3.05) is 38.2 Å². The van der Waals surface area contributed by atoms with Gasteiger partial charge in [0, 0.05) is 25.2 Å². The number of esters is 1. The Morgan fingerprint density at radius 3 is 2.65 bits per heavy atom. The van der Waals surface area contributed by atoms with Crippen LogP contribution < -0.4 is 5.32 Å². The second-order valence-corrected chi connectivity index (χ2v) is 10.8. The summed E-state index contributed by atoms with van der Waals surface area (Å²) in [6, 6.07) is 4.25. The van der Waals surface area contributed by atoms with Crippen molar-refractivity contribution in [3.63, 3.8) is 0 Å². The minimum absolute atomic E-state index is 0.0711. The van der Waals surface area contributed by atoms with Gasteiger partial charge in [-0.25, -0.2) is 8.42 Å². The van der Waals surface area contributed by atoms with E-state index in [1.54, 1.807) is 0 Å². The first-order valence-electron chi connectivity index (χ1n) is 10.7. The number of hydrogen-bond acceptors (Lipinski definition) is 6. The molecule has 8 nitrogen and oxygen atoms in total. The van der Waals surface area contributed by atoms with E-state index in [4.69, 9.17) is 21.1 Å². The number of carbonyl (C=O) groups is 2. The third kappa shape index (κ3) is 5.22. The van der Waals surface area contributed by atoms with Gasteiger partial charge in [-0.1, -0.05) is 18.0 Å². The van der Waals surface area contributed by atoms with Crippen molar-refractivity contribution in [2.45, 2.75) is 37.0 Å². The van der Waals surface area contributed by atoms with Crippen LogP contribution in [0.2, 0.25) is 5.02 Å². The molecule has 0 radical (unpaired) electrons. The number of sulfonamides is 1. The Balaban J connectivity index is 1.32. The van der Waals surface area contributed by atoms with E-state index in [0.29, 0.717) is 31.5 Å². The van der Waals surface area contributed by atoms with Gasteiger partial charge in [-0.2, -0.15) is 4.31 Å². The van der Waals surface area contributed by atoms with Gasteiger partial charge >= 0.3 is 5.97 Å². The van der Waals surface area contributed by atoms with Gasteiger partial charge in [0.25, 0.3) is 5.91 Å². The number of rotatable bonds is 7. The summed E-state index contributed by atoms with van der Waals surface area (Å²) < 4.78 is 37.4. The van der Waals surface area contributed by atoms with E-state index in [1.807, 2.05) is 0 Å². The molecule has 3 aliphatic rings. The van der Waals surface area contributed by atoms with Crippen LogP contribution >= 0.6 is 11.6 Å². The molecule has 1 aliphatic heterocycles. The van der Waals surface area contributed by atoms with E-state index >= 15 is 0 Å². The Hall–Kier alpha value is -1.68. The Morgan fingerprint density at radius 1 is 1.19 bits per heavy atom. The third-order valence-electron chi connectivity index (χ3n) is 6.48. The van der Waals surface area contributed by atoms with Crippen molar-refractivity contribution < 1.29 is 27.5 Å². The molecular formula is C21H27ClN2O6S. The molecule has 1 saturated heterocycles. The third-order valence-corrected chi connectivity index (χ3v) is 8.86. The molecule has 1 N–H and O–H groups in total. The second kappa shape index (κ2) is 9.44. The van der Waals surface area contributed by atoms with Crippen LogP contribution in [0.3, 0.4) is 0 Å². The highest BCUT2D eigenvalue weighted by Crippen LogP contribution is 2.49. The first-order chi connectivity index (χ1) is 14.8. The molecule has 170 valence electrons. The Bertz CT molecular complexity index is 947. The summed E-state index contributed by atoms with van der Waals surface area (Å²) in [7, 11) is -3.81. The molecule has 31 heavy (non-hydrogen) atoms. The quantitative estimate of drug-likeness (QED) is 0.615. The molecule has 1 aromatic rings. The SMILES string of the molecule is O=C(COC(=O)CC1CC2CCC1C2)Nc1ccc(Cl)c(S(=O)(=O)N2CCOCC2)c1. The molecule has 4 rings (SSSR count). The zero-order chi connectivity index (χ0) is 22.0. The Morgan fingerprint density at radius 2 is 1.97 bits per heavy atom. The first kappa shape index (κ1) is 22.5. The number of hydrogen-bond donors (Lipinski definition) is 1. The highest BCUT2D eigenvalue weighted by atomic mass is 35.5. The summed E-state index contributed by atoms with van der Waals surface area (Å²) in [5.74, 6) is 0.850. The van der Waals surface area contributed by atoms with Crippen LogP contribution in [-0.2, 0) is 29.1 Å². The van der Waals surface area contributed by atoms with Crippen molar-refractivity contribution >= 4 is 39.2 Å². The molecule has 1 aromatic carbocycles. The molecular weight excluding hydrogens is 444 g/mol. The maximum Gasteiger partial charge on any atom is 0.306 e. The number of fused-ring (bicyclic) bond motifs is 2. The Kier molecular flexibility index (Phi) is 6.86. The molecule has 0 aromatic heterocycles. The molecule has 2 bridgehead atoms. The van der Waals surface area contributed by atoms with Gasteiger partial charge in [0.1, 0.15) is 4.90 Å². The molecule has 1 amide bonds. The summed E-state index contributed by atoms with van der Waals surface area (Å²) in [4.78, 5) is 24.3. The summed E-state index contributed by atoms with van der Waals surface area (Å²) in [6.07, 6.45) is 5.11. The molecule has 10 heteroatoms. The largest absolute Gasteiger partial charge is 0.456 e. The standard InChI is InChI=1S/C21H27ClN2O6S/c22-18-4-3-17(12-19(18)31(27,28)24-5-7-29-8-6-24)23-20(25)13-30-21(26)11-16-10-14-1-2-15(16)9-14/h3-4,12,14-16H,1-2,5-11,13H2,(H,23,25). The summed E-state index contributed by atoms with van der Waals surface area (Å²) in [6.45, 7) is 0.719. The van der Waals surface area contributed by atoms with E-state index < -0.39 is 22.5 Å². The molecule has 2 aliphatic carbocycles. The monoisotopic (exact) mass is 470 g/mol. The number of nitrogens with zero attached hydrogens (tertiary/aromatic N) is 1. The average Bonchev–Trinajstić information content (AvgIpc) is 3.37. The number of halogens is 1. The topological polar surface area (TPSA) is 102 Å². The van der Waals surface area contributed by atoms with Crippen LogP contribution in [0.15, 0.2) is 23.1 Å². The smallest absolute Gasteiger partial charge is 0.306 e. The summed E-state index contributed by atoms with van der Waals surface area (Å²) in [5.41, 5.74) is 0.269. The molecule has 0 spiro atoms. The van der Waals surface area contributed by atoms with Crippen LogP contribution in [0.4, 0.5) is 5.69 Å². The highest BCUT2D eigenvalue weighted by Gasteiger charge is 2.40. The zero-order valence-corrected chi connectivity index (χ0v) is 18.8. The molecule has 3 fully saturated rings. The number of amides is 1. The van der Waals surface area contributed by atoms with E-state index in [9.17, 15) is 18.0 Å². The normalized spacial score (nSPS) is 26.0. The fourth-order valence-corrected chi connectivity index (χ4v) is 6.86. The van der Waals surface area contributed by atoms with Crippen molar-refractivity contribution in [1.82, 2.24) is 4.31 Å². The predicted molar refractivity (Wildman–Crippen MR) is 114 cm³/mol. The molecule has 3 atom stereocenters. The van der Waals surface area contributed by atoms with Crippen LogP contribution in [0.1, 0.15) is 32.1 Å². The number of anilines is 1. The number of carbonyl (C=O) groups excluding carboxylic acids is 2. The van der Waals surface area contributed by atoms with E-state index in [0.717, 1.165) is 12.3 Å². The minimum atomic E-state index is -3.81. The first-order valence-corrected chi connectivity index (χ1v) is 12.5. The number of morpholine rings is 1. The van der Waals surface area contributed by atoms with Crippen molar-refractivity contribution in [1.29, 1.82) is 0 Å². The summed E-state index contributed by atoms with van der Waals surface area (Å²) >= 11 is 6.13. The van der Waals surface area contributed by atoms with Gasteiger partial charge in [0.2, 0.25) is 10.0 Å². The maximum absolute atomic E-state index is 12.9. The van der Waals surface area contributed by atoms with Gasteiger partial charge in [-0.3, -0.25) is 9.59 Å². The minimum Gasteiger partial charge on any atom is -0.456 e. The lowest BCUT2D eigenvalue weighted by atomic mass is 9.86. The number of ether oxygens (including phenoxy) is 2. The lowest BCUT2D eigenvalue weighted by molar-refractivity contribution is -0.148. The molecule has 3 unspecified atom stereocenters. The molecule has 2 saturated carbocycles. The second-order valence-electron chi connectivity index (χ2n) is 8.51. The lowest BCUT2D eigenvalue weighted by Crippen LogP contribution is -2.40. The van der Waals surface area contributed by atoms with Gasteiger partial charge in [0.15, 0.2) is 6.61 Å². The van der Waals surface area contributed by atoms with Crippen molar-refractivity contribution in [3.05, 3.63) is 23.2 Å². The van der Waals surface area contributed by atoms with Gasteiger partial charge in [-0.05, 0) is 55.2 Å².